The van der Waals surface area contributed by atoms with E-state index in [0.717, 1.165) is 59.9 Å². The molecule has 178 valence electrons. The lowest BCUT2D eigenvalue weighted by atomic mass is 9.95. The first-order chi connectivity index (χ1) is 16.4. The second-order valence-corrected chi connectivity index (χ2v) is 10.1. The Morgan fingerprint density at radius 3 is 2.82 bits per heavy atom. The molecule has 1 aliphatic heterocycles. The number of nitrogens with one attached hydrogen (secondary N) is 1. The summed E-state index contributed by atoms with van der Waals surface area (Å²) in [6.07, 6.45) is 10.1. The second kappa shape index (κ2) is 10.9. The van der Waals surface area contributed by atoms with Crippen molar-refractivity contribution in [3.05, 3.63) is 70.9 Å². The summed E-state index contributed by atoms with van der Waals surface area (Å²) in [5.41, 5.74) is 4.44. The number of amides is 1. The Kier molecular flexibility index (Phi) is 7.75. The highest BCUT2D eigenvalue weighted by Gasteiger charge is 2.21. The van der Waals surface area contributed by atoms with Crippen LogP contribution in [0.5, 0.6) is 0 Å². The maximum Gasteiger partial charge on any atom is 0.233 e. The monoisotopic (exact) mass is 475 g/mol. The van der Waals surface area contributed by atoms with Crippen molar-refractivity contribution >= 4 is 28.2 Å². The van der Waals surface area contributed by atoms with Crippen molar-refractivity contribution in [2.75, 3.05) is 43.9 Å². The van der Waals surface area contributed by atoms with Crippen molar-refractivity contribution in [2.24, 2.45) is 0 Å². The van der Waals surface area contributed by atoms with Gasteiger partial charge in [-0.05, 0) is 56.6 Å². The van der Waals surface area contributed by atoms with Gasteiger partial charge in [-0.25, -0.2) is 9.97 Å². The molecule has 0 spiro atoms. The van der Waals surface area contributed by atoms with E-state index < -0.39 is 0 Å². The maximum atomic E-state index is 12.8. The first-order valence-electron chi connectivity index (χ1n) is 11.8. The highest BCUT2D eigenvalue weighted by Crippen LogP contribution is 2.31. The molecule has 1 N–H and O–H groups in total. The fraction of sp³-hybridized carbons (Fsp3) is 0.370. The number of anilines is 2. The molecule has 1 amide bonds. The summed E-state index contributed by atoms with van der Waals surface area (Å²) in [6, 6.07) is 10.5. The van der Waals surface area contributed by atoms with Gasteiger partial charge in [-0.3, -0.25) is 4.79 Å². The molecule has 0 unspecified atom stereocenters. The van der Waals surface area contributed by atoms with Crippen molar-refractivity contribution in [1.29, 1.82) is 0 Å². The predicted octanol–water partition coefficient (Wildman–Crippen LogP) is 4.99. The van der Waals surface area contributed by atoms with Gasteiger partial charge in [0.15, 0.2) is 5.13 Å². The Hall–Kier alpha value is -3.03. The molecule has 6 nitrogen and oxygen atoms in total. The van der Waals surface area contributed by atoms with Crippen LogP contribution < -0.4 is 10.2 Å². The first-order valence-corrected chi connectivity index (χ1v) is 12.7. The van der Waals surface area contributed by atoms with Crippen molar-refractivity contribution in [3.63, 3.8) is 0 Å². The van der Waals surface area contributed by atoms with E-state index in [2.05, 4.69) is 71.5 Å². The first kappa shape index (κ1) is 24.1. The third-order valence-electron chi connectivity index (χ3n) is 6.10. The summed E-state index contributed by atoms with van der Waals surface area (Å²) in [5, 5.41) is 3.62. The zero-order valence-electron chi connectivity index (χ0n) is 20.4. The number of hydrogen-bond donors (Lipinski definition) is 1. The number of hydrogen-bond acceptors (Lipinski definition) is 6. The van der Waals surface area contributed by atoms with Gasteiger partial charge < -0.3 is 15.1 Å². The molecular formula is C27H33N5OS. The SMILES string of the molecule is CCc1cnc(NC(=O)[C@@H](C)c2cccc(-c3cnc4c(c3)CCN4C/C=C/CN(C)C)c2)s1. The molecule has 7 heteroatoms. The van der Waals surface area contributed by atoms with E-state index in [-0.39, 0.29) is 11.8 Å². The van der Waals surface area contributed by atoms with Crippen LogP contribution in [0.4, 0.5) is 10.9 Å². The lowest BCUT2D eigenvalue weighted by Crippen LogP contribution is -2.21. The van der Waals surface area contributed by atoms with Crippen molar-refractivity contribution in [2.45, 2.75) is 32.6 Å². The van der Waals surface area contributed by atoms with Crippen LogP contribution in [-0.4, -0.2) is 54.5 Å². The van der Waals surface area contributed by atoms with E-state index in [4.69, 9.17) is 4.98 Å². The van der Waals surface area contributed by atoms with Crippen LogP contribution in [0, 0.1) is 0 Å². The second-order valence-electron chi connectivity index (χ2n) is 8.96. The smallest absolute Gasteiger partial charge is 0.233 e. The molecule has 1 aromatic carbocycles. The van der Waals surface area contributed by atoms with Crippen molar-refractivity contribution in [1.82, 2.24) is 14.9 Å². The molecule has 0 aliphatic carbocycles. The standard InChI is InChI=1S/C27H33N5OS/c1-5-24-18-29-27(34-24)30-26(33)19(2)20-9-8-10-21(15-20)23-16-22-11-14-32(25(22)28-17-23)13-7-6-12-31(3)4/h6-10,15-19H,5,11-14H2,1-4H3,(H,29,30,33)/b7-6+/t19-/m0/s1. The molecule has 0 saturated heterocycles. The van der Waals surface area contributed by atoms with E-state index >= 15 is 0 Å². The quantitative estimate of drug-likeness (QED) is 0.442. The van der Waals surface area contributed by atoms with Gasteiger partial charge in [-0.15, -0.1) is 11.3 Å². The molecule has 0 bridgehead atoms. The number of carbonyl (C=O) groups is 1. The molecule has 0 saturated carbocycles. The Morgan fingerprint density at radius 2 is 2.06 bits per heavy atom. The van der Waals surface area contributed by atoms with E-state index in [1.807, 2.05) is 31.5 Å². The largest absolute Gasteiger partial charge is 0.352 e. The van der Waals surface area contributed by atoms with Gasteiger partial charge in [-0.2, -0.15) is 0 Å². The van der Waals surface area contributed by atoms with Crippen LogP contribution in [0.25, 0.3) is 11.1 Å². The van der Waals surface area contributed by atoms with E-state index in [1.54, 1.807) is 0 Å². The molecule has 4 rings (SSSR count). The zero-order chi connectivity index (χ0) is 24.1. The molecule has 0 fully saturated rings. The van der Waals surface area contributed by atoms with Crippen LogP contribution in [0.2, 0.25) is 0 Å². The number of carbonyl (C=O) groups excluding carboxylic acids is 1. The van der Waals surface area contributed by atoms with E-state index in [9.17, 15) is 4.79 Å². The molecule has 1 aliphatic rings. The molecule has 3 heterocycles. The van der Waals surface area contributed by atoms with Gasteiger partial charge in [0.05, 0.1) is 5.92 Å². The van der Waals surface area contributed by atoms with E-state index in [0.29, 0.717) is 5.13 Å². The Labute approximate surface area is 206 Å². The van der Waals surface area contributed by atoms with Crippen molar-refractivity contribution in [3.8, 4) is 11.1 Å². The topological polar surface area (TPSA) is 61.4 Å². The number of benzene rings is 1. The zero-order valence-corrected chi connectivity index (χ0v) is 21.2. The van der Waals surface area contributed by atoms with Gasteiger partial charge in [0, 0.05) is 42.5 Å². The Morgan fingerprint density at radius 1 is 1.21 bits per heavy atom. The fourth-order valence-corrected chi connectivity index (χ4v) is 4.79. The number of likely N-dealkylation sites (N-methyl/N-ethyl adjacent to an activating group) is 1. The molecule has 3 aromatic rings. The third kappa shape index (κ3) is 5.72. The number of pyridine rings is 1. The minimum Gasteiger partial charge on any atom is -0.352 e. The van der Waals surface area contributed by atoms with Gasteiger partial charge in [0.25, 0.3) is 0 Å². The lowest BCUT2D eigenvalue weighted by Gasteiger charge is -2.16. The average Bonchev–Trinajstić information content (AvgIpc) is 3.47. The van der Waals surface area contributed by atoms with Gasteiger partial charge in [0.1, 0.15) is 5.82 Å². The minimum absolute atomic E-state index is 0.0424. The van der Waals surface area contributed by atoms with Gasteiger partial charge >= 0.3 is 0 Å². The molecule has 1 atom stereocenters. The Bertz CT molecular complexity index is 1170. The molecule has 2 aromatic heterocycles. The van der Waals surface area contributed by atoms with Gasteiger partial charge in [0.2, 0.25) is 5.91 Å². The molecule has 34 heavy (non-hydrogen) atoms. The van der Waals surface area contributed by atoms with Crippen LogP contribution >= 0.6 is 11.3 Å². The fourth-order valence-electron chi connectivity index (χ4n) is 4.04. The number of fused-ring (bicyclic) bond motifs is 1. The summed E-state index contributed by atoms with van der Waals surface area (Å²) in [6.45, 7) is 6.84. The maximum absolute atomic E-state index is 12.8. The number of thiazole rings is 1. The number of rotatable bonds is 9. The summed E-state index contributed by atoms with van der Waals surface area (Å²) in [5.74, 6) is 0.761. The van der Waals surface area contributed by atoms with Gasteiger partial charge in [-0.1, -0.05) is 43.3 Å². The molecular weight excluding hydrogens is 442 g/mol. The summed E-state index contributed by atoms with van der Waals surface area (Å²) < 4.78 is 0. The summed E-state index contributed by atoms with van der Waals surface area (Å²) in [4.78, 5) is 27.6. The Balaban J connectivity index is 1.45. The number of nitrogens with zero attached hydrogens (tertiary/aromatic N) is 4. The molecule has 0 radical (unpaired) electrons. The van der Waals surface area contributed by atoms with Crippen LogP contribution in [0.1, 0.15) is 35.8 Å². The lowest BCUT2D eigenvalue weighted by molar-refractivity contribution is -0.117. The predicted molar refractivity (Wildman–Crippen MR) is 142 cm³/mol. The number of aromatic nitrogens is 2. The van der Waals surface area contributed by atoms with Crippen molar-refractivity contribution < 1.29 is 4.79 Å². The van der Waals surface area contributed by atoms with E-state index in [1.165, 1.54) is 16.9 Å². The van der Waals surface area contributed by atoms with Crippen LogP contribution in [0.3, 0.4) is 0 Å². The minimum atomic E-state index is -0.277. The third-order valence-corrected chi connectivity index (χ3v) is 7.16. The normalized spacial score (nSPS) is 14.1. The highest BCUT2D eigenvalue weighted by atomic mass is 32.1. The van der Waals surface area contributed by atoms with Crippen LogP contribution in [-0.2, 0) is 17.6 Å². The summed E-state index contributed by atoms with van der Waals surface area (Å²) >= 11 is 1.53. The average molecular weight is 476 g/mol. The highest BCUT2D eigenvalue weighted by molar-refractivity contribution is 7.15. The van der Waals surface area contributed by atoms with Crippen LogP contribution in [0.15, 0.2) is 54.9 Å². The number of aryl methyl sites for hydroxylation is 1. The summed E-state index contributed by atoms with van der Waals surface area (Å²) in [7, 11) is 4.15.